The molecule has 0 fully saturated rings. The molecule has 21 heavy (non-hydrogen) atoms. The Hall–Kier alpha value is -1.85. The average Bonchev–Trinajstić information content (AvgIpc) is 2.23. The Labute approximate surface area is 126 Å². The molecule has 0 aliphatic heterocycles. The van der Waals surface area contributed by atoms with Crippen LogP contribution < -0.4 is 0 Å². The molecule has 2 amide bonds. The van der Waals surface area contributed by atoms with Crippen LogP contribution in [0.5, 0.6) is 0 Å². The number of imide groups is 1. The second kappa shape index (κ2) is 7.24. The lowest BCUT2D eigenvalue weighted by Crippen LogP contribution is -2.46. The SMILES string of the molecule is C=CC(=NCC)N(C(=O)OC(C)(C)C)C(=O)OC(C)(C)C. The first-order chi connectivity index (χ1) is 9.41. The predicted molar refractivity (Wildman–Crippen MR) is 82.5 cm³/mol. The van der Waals surface area contributed by atoms with Crippen LogP contribution in [-0.4, -0.2) is 40.7 Å². The standard InChI is InChI=1S/C15H26N2O4/c1-9-11(16-10-2)17(12(18)20-14(3,4)5)13(19)21-15(6,7)8/h9H,1,10H2,2-8H3. The van der Waals surface area contributed by atoms with E-state index in [0.29, 0.717) is 6.54 Å². The molecule has 0 N–H and O–H groups in total. The maximum absolute atomic E-state index is 12.2. The first kappa shape index (κ1) is 19.1. The summed E-state index contributed by atoms with van der Waals surface area (Å²) in [5, 5.41) is 0. The Bertz CT molecular complexity index is 400. The van der Waals surface area contributed by atoms with Crippen molar-refractivity contribution in [3.63, 3.8) is 0 Å². The van der Waals surface area contributed by atoms with Gasteiger partial charge < -0.3 is 9.47 Å². The van der Waals surface area contributed by atoms with E-state index in [0.717, 1.165) is 4.90 Å². The summed E-state index contributed by atoms with van der Waals surface area (Å²) < 4.78 is 10.4. The minimum Gasteiger partial charge on any atom is -0.443 e. The van der Waals surface area contributed by atoms with Gasteiger partial charge in [0.15, 0.2) is 0 Å². The lowest BCUT2D eigenvalue weighted by molar-refractivity contribution is 0.0149. The van der Waals surface area contributed by atoms with Crippen LogP contribution in [0.1, 0.15) is 48.5 Å². The molecule has 0 atom stereocenters. The van der Waals surface area contributed by atoms with Crippen LogP contribution >= 0.6 is 0 Å². The number of carbonyl (C=O) groups excluding carboxylic acids is 2. The van der Waals surface area contributed by atoms with Gasteiger partial charge in [0.25, 0.3) is 0 Å². The van der Waals surface area contributed by atoms with Gasteiger partial charge in [0.1, 0.15) is 17.0 Å². The largest absolute Gasteiger partial charge is 0.443 e. The van der Waals surface area contributed by atoms with Crippen molar-refractivity contribution in [2.75, 3.05) is 6.54 Å². The van der Waals surface area contributed by atoms with E-state index >= 15 is 0 Å². The van der Waals surface area contributed by atoms with Crippen molar-refractivity contribution in [2.45, 2.75) is 59.7 Å². The summed E-state index contributed by atoms with van der Waals surface area (Å²) >= 11 is 0. The summed E-state index contributed by atoms with van der Waals surface area (Å²) in [6, 6.07) is 0. The van der Waals surface area contributed by atoms with Crippen molar-refractivity contribution in [3.8, 4) is 0 Å². The van der Waals surface area contributed by atoms with Gasteiger partial charge in [-0.05, 0) is 54.5 Å². The number of carbonyl (C=O) groups is 2. The van der Waals surface area contributed by atoms with Gasteiger partial charge in [0, 0.05) is 6.54 Å². The summed E-state index contributed by atoms with van der Waals surface area (Å²) in [6.07, 6.45) is -0.371. The van der Waals surface area contributed by atoms with Gasteiger partial charge in [-0.15, -0.1) is 0 Å². The predicted octanol–water partition coefficient (Wildman–Crippen LogP) is 3.76. The van der Waals surface area contributed by atoms with Crippen molar-refractivity contribution in [2.24, 2.45) is 4.99 Å². The molecular formula is C15H26N2O4. The van der Waals surface area contributed by atoms with Crippen LogP contribution in [0.2, 0.25) is 0 Å². The molecule has 0 aromatic heterocycles. The fourth-order valence-electron chi connectivity index (χ4n) is 1.27. The Morgan fingerprint density at radius 1 is 1.05 bits per heavy atom. The molecule has 120 valence electrons. The van der Waals surface area contributed by atoms with Gasteiger partial charge >= 0.3 is 12.2 Å². The zero-order chi connectivity index (χ0) is 16.8. The van der Waals surface area contributed by atoms with Gasteiger partial charge in [-0.25, -0.2) is 9.59 Å². The third kappa shape index (κ3) is 7.48. The van der Waals surface area contributed by atoms with E-state index in [1.54, 1.807) is 48.5 Å². The van der Waals surface area contributed by atoms with Gasteiger partial charge in [-0.2, -0.15) is 4.90 Å². The van der Waals surface area contributed by atoms with E-state index in [-0.39, 0.29) is 5.84 Å². The second-order valence-electron chi connectivity index (χ2n) is 6.33. The Morgan fingerprint density at radius 3 is 1.67 bits per heavy atom. The molecule has 0 aromatic carbocycles. The quantitative estimate of drug-likeness (QED) is 0.575. The highest BCUT2D eigenvalue weighted by atomic mass is 16.6. The molecular weight excluding hydrogens is 272 g/mol. The van der Waals surface area contributed by atoms with Crippen molar-refractivity contribution in [1.82, 2.24) is 4.90 Å². The van der Waals surface area contributed by atoms with Crippen LogP contribution in [0.25, 0.3) is 0 Å². The minimum absolute atomic E-state index is 0.0981. The summed E-state index contributed by atoms with van der Waals surface area (Å²) in [5.41, 5.74) is -1.48. The second-order valence-corrected chi connectivity index (χ2v) is 6.33. The average molecular weight is 298 g/mol. The smallest absolute Gasteiger partial charge is 0.425 e. The zero-order valence-corrected chi connectivity index (χ0v) is 14.0. The lowest BCUT2D eigenvalue weighted by Gasteiger charge is -2.28. The number of hydrogen-bond acceptors (Lipinski definition) is 5. The number of nitrogens with zero attached hydrogens (tertiary/aromatic N) is 2. The van der Waals surface area contributed by atoms with Gasteiger partial charge in [-0.3, -0.25) is 4.99 Å². The van der Waals surface area contributed by atoms with Crippen LogP contribution in [0.4, 0.5) is 9.59 Å². The highest BCUT2D eigenvalue weighted by Crippen LogP contribution is 2.15. The molecule has 0 rings (SSSR count). The van der Waals surface area contributed by atoms with Gasteiger partial charge in [-0.1, -0.05) is 6.58 Å². The van der Waals surface area contributed by atoms with Crippen LogP contribution in [0.15, 0.2) is 17.6 Å². The molecule has 0 aliphatic rings. The van der Waals surface area contributed by atoms with Gasteiger partial charge in [0.2, 0.25) is 0 Å². The number of ether oxygens (including phenoxy) is 2. The minimum atomic E-state index is -0.844. The maximum atomic E-state index is 12.2. The topological polar surface area (TPSA) is 68.2 Å². The Balaban J connectivity index is 5.47. The highest BCUT2D eigenvalue weighted by Gasteiger charge is 2.33. The van der Waals surface area contributed by atoms with Crippen molar-refractivity contribution in [3.05, 3.63) is 12.7 Å². The van der Waals surface area contributed by atoms with E-state index in [1.165, 1.54) is 6.08 Å². The van der Waals surface area contributed by atoms with E-state index in [2.05, 4.69) is 11.6 Å². The lowest BCUT2D eigenvalue weighted by atomic mass is 10.2. The molecule has 0 saturated heterocycles. The normalized spacial score (nSPS) is 12.6. The summed E-state index contributed by atoms with van der Waals surface area (Å²) in [7, 11) is 0. The molecule has 0 heterocycles. The zero-order valence-electron chi connectivity index (χ0n) is 14.0. The number of amides is 2. The van der Waals surface area contributed by atoms with Crippen LogP contribution in [-0.2, 0) is 9.47 Å². The molecule has 0 radical (unpaired) electrons. The number of amidine groups is 1. The molecule has 0 saturated carbocycles. The third-order valence-electron chi connectivity index (χ3n) is 1.88. The highest BCUT2D eigenvalue weighted by molar-refractivity contribution is 6.13. The van der Waals surface area contributed by atoms with Crippen molar-refractivity contribution < 1.29 is 19.1 Å². The van der Waals surface area contributed by atoms with E-state index in [9.17, 15) is 9.59 Å². The first-order valence-corrected chi connectivity index (χ1v) is 6.84. The molecule has 0 bridgehead atoms. The summed E-state index contributed by atoms with van der Waals surface area (Å²) in [5.74, 6) is 0.0981. The number of rotatable bonds is 2. The number of hydrogen-bond donors (Lipinski definition) is 0. The Kier molecular flexibility index (Phi) is 6.60. The molecule has 0 aromatic rings. The van der Waals surface area contributed by atoms with Crippen LogP contribution in [0.3, 0.4) is 0 Å². The van der Waals surface area contributed by atoms with Crippen LogP contribution in [0, 0.1) is 0 Å². The molecule has 0 unspecified atom stereocenters. The van der Waals surface area contributed by atoms with E-state index in [1.807, 2.05) is 0 Å². The van der Waals surface area contributed by atoms with Crippen molar-refractivity contribution >= 4 is 18.0 Å². The van der Waals surface area contributed by atoms with E-state index < -0.39 is 23.4 Å². The van der Waals surface area contributed by atoms with E-state index in [4.69, 9.17) is 9.47 Å². The fourth-order valence-corrected chi connectivity index (χ4v) is 1.27. The monoisotopic (exact) mass is 298 g/mol. The molecule has 6 heteroatoms. The molecule has 0 spiro atoms. The summed E-state index contributed by atoms with van der Waals surface area (Å²) in [6.45, 7) is 16.0. The molecule has 0 aliphatic carbocycles. The third-order valence-corrected chi connectivity index (χ3v) is 1.88. The summed E-state index contributed by atoms with van der Waals surface area (Å²) in [4.78, 5) is 29.3. The number of aliphatic imine (C=N–C) groups is 1. The Morgan fingerprint density at radius 2 is 1.43 bits per heavy atom. The van der Waals surface area contributed by atoms with Crippen molar-refractivity contribution in [1.29, 1.82) is 0 Å². The first-order valence-electron chi connectivity index (χ1n) is 6.84. The molecule has 6 nitrogen and oxygen atoms in total. The fraction of sp³-hybridized carbons (Fsp3) is 0.667. The maximum Gasteiger partial charge on any atom is 0.425 e. The van der Waals surface area contributed by atoms with Gasteiger partial charge in [0.05, 0.1) is 0 Å².